The molecule has 2 heterocycles. The van der Waals surface area contributed by atoms with Crippen molar-refractivity contribution < 1.29 is 18.3 Å². The molecule has 1 aromatic rings. The predicted molar refractivity (Wildman–Crippen MR) is 90.3 cm³/mol. The Bertz CT molecular complexity index is 600. The van der Waals surface area contributed by atoms with E-state index in [1.807, 2.05) is 0 Å². The Hall–Kier alpha value is -1.73. The lowest BCUT2D eigenvalue weighted by atomic mass is 10.1. The van der Waals surface area contributed by atoms with Crippen LogP contribution in [0.25, 0.3) is 0 Å². The van der Waals surface area contributed by atoms with Gasteiger partial charge in [0, 0.05) is 51.0 Å². The van der Waals surface area contributed by atoms with E-state index in [4.69, 9.17) is 4.74 Å². The first-order valence-electron chi connectivity index (χ1n) is 8.87. The van der Waals surface area contributed by atoms with Gasteiger partial charge in [0.1, 0.15) is 11.6 Å². The average molecular weight is 353 g/mol. The molecule has 2 unspecified atom stereocenters. The Morgan fingerprint density at radius 1 is 1.32 bits per heavy atom. The van der Waals surface area contributed by atoms with E-state index in [1.54, 1.807) is 11.8 Å². The highest BCUT2D eigenvalue weighted by Crippen LogP contribution is 2.18. The summed E-state index contributed by atoms with van der Waals surface area (Å²) in [6.07, 6.45) is 2.56. The van der Waals surface area contributed by atoms with Crippen molar-refractivity contribution in [1.29, 1.82) is 0 Å². The molecule has 0 bridgehead atoms. The van der Waals surface area contributed by atoms with E-state index in [9.17, 15) is 13.6 Å². The van der Waals surface area contributed by atoms with Crippen LogP contribution in [0.2, 0.25) is 0 Å². The Labute approximate surface area is 146 Å². The lowest BCUT2D eigenvalue weighted by molar-refractivity contribution is 0.0559. The first-order valence-corrected chi connectivity index (χ1v) is 8.87. The maximum Gasteiger partial charge on any atom is 0.317 e. The molecule has 7 heteroatoms. The van der Waals surface area contributed by atoms with Gasteiger partial charge in [0.05, 0.1) is 12.1 Å². The number of nitrogens with zero attached hydrogens (tertiary/aromatic N) is 2. The second kappa shape index (κ2) is 8.10. The highest BCUT2D eigenvalue weighted by atomic mass is 19.1. The van der Waals surface area contributed by atoms with Gasteiger partial charge in [0.2, 0.25) is 0 Å². The monoisotopic (exact) mass is 353 g/mol. The summed E-state index contributed by atoms with van der Waals surface area (Å²) in [6, 6.07) is 2.67. The van der Waals surface area contributed by atoms with Crippen molar-refractivity contribution in [3.05, 3.63) is 35.4 Å². The summed E-state index contributed by atoms with van der Waals surface area (Å²) in [5.41, 5.74) is 0.284. The Kier molecular flexibility index (Phi) is 5.86. The maximum atomic E-state index is 13.8. The zero-order valence-corrected chi connectivity index (χ0v) is 14.5. The molecule has 1 N–H and O–H groups in total. The number of hydrogen-bond donors (Lipinski definition) is 1. The number of nitrogens with one attached hydrogen (secondary N) is 1. The first kappa shape index (κ1) is 18.1. The number of carbonyl (C=O) groups is 1. The number of hydrogen-bond acceptors (Lipinski definition) is 3. The second-order valence-corrected chi connectivity index (χ2v) is 6.76. The van der Waals surface area contributed by atoms with Crippen LogP contribution >= 0.6 is 0 Å². The van der Waals surface area contributed by atoms with Gasteiger partial charge < -0.3 is 15.0 Å². The zero-order valence-electron chi connectivity index (χ0n) is 14.5. The molecule has 0 spiro atoms. The van der Waals surface area contributed by atoms with Gasteiger partial charge in [-0.25, -0.2) is 13.6 Å². The molecule has 3 rings (SSSR count). The van der Waals surface area contributed by atoms with E-state index >= 15 is 0 Å². The number of carbonyl (C=O) groups excluding carboxylic acids is 1. The van der Waals surface area contributed by atoms with Gasteiger partial charge in [-0.1, -0.05) is 6.07 Å². The van der Waals surface area contributed by atoms with Crippen LogP contribution in [0.3, 0.4) is 0 Å². The van der Waals surface area contributed by atoms with Crippen LogP contribution < -0.4 is 5.32 Å². The number of amides is 2. The maximum absolute atomic E-state index is 13.8. The van der Waals surface area contributed by atoms with Gasteiger partial charge in [-0.05, 0) is 25.8 Å². The molecule has 25 heavy (non-hydrogen) atoms. The molecule has 2 saturated heterocycles. The van der Waals surface area contributed by atoms with E-state index in [-0.39, 0.29) is 11.6 Å². The van der Waals surface area contributed by atoms with Gasteiger partial charge in [-0.2, -0.15) is 0 Å². The number of rotatable bonds is 4. The summed E-state index contributed by atoms with van der Waals surface area (Å²) in [4.78, 5) is 16.4. The molecule has 2 aliphatic rings. The normalized spacial score (nSPS) is 22.8. The number of piperazine rings is 1. The van der Waals surface area contributed by atoms with E-state index in [1.165, 1.54) is 12.1 Å². The van der Waals surface area contributed by atoms with E-state index < -0.39 is 17.7 Å². The van der Waals surface area contributed by atoms with Crippen LogP contribution in [-0.2, 0) is 4.74 Å². The molecule has 2 atom stereocenters. The third-order valence-corrected chi connectivity index (χ3v) is 4.91. The number of benzene rings is 1. The Morgan fingerprint density at radius 3 is 2.72 bits per heavy atom. The van der Waals surface area contributed by atoms with Crippen LogP contribution in [0, 0.1) is 11.6 Å². The smallest absolute Gasteiger partial charge is 0.317 e. The third kappa shape index (κ3) is 4.67. The van der Waals surface area contributed by atoms with Gasteiger partial charge in [0.15, 0.2) is 0 Å². The van der Waals surface area contributed by atoms with Crippen LogP contribution in [0.1, 0.15) is 31.4 Å². The summed E-state index contributed by atoms with van der Waals surface area (Å²) in [5.74, 6) is -1.27. The van der Waals surface area contributed by atoms with Crippen LogP contribution in [0.15, 0.2) is 18.2 Å². The van der Waals surface area contributed by atoms with Crippen molar-refractivity contribution in [2.75, 3.05) is 39.3 Å². The molecule has 5 nitrogen and oxygen atoms in total. The standard InChI is InChI=1S/C18H25F2N3O2/c1-13(16-5-4-14(19)11-17(16)20)21-18(24)23-8-6-22(7-9-23)12-15-3-2-10-25-15/h4-5,11,13,15H,2-3,6-10,12H2,1H3,(H,21,24). The molecule has 138 valence electrons. The van der Waals surface area contributed by atoms with Crippen LogP contribution in [-0.4, -0.2) is 61.3 Å². The van der Waals surface area contributed by atoms with Crippen LogP contribution in [0.4, 0.5) is 13.6 Å². The molecule has 0 aliphatic carbocycles. The molecule has 1 aromatic carbocycles. The van der Waals surface area contributed by atoms with Gasteiger partial charge in [-0.3, -0.25) is 4.90 Å². The highest BCUT2D eigenvalue weighted by molar-refractivity contribution is 5.74. The second-order valence-electron chi connectivity index (χ2n) is 6.76. The minimum atomic E-state index is -0.644. The molecule has 0 saturated carbocycles. The van der Waals surface area contributed by atoms with Crippen molar-refractivity contribution in [3.8, 4) is 0 Å². The van der Waals surface area contributed by atoms with Crippen molar-refractivity contribution in [3.63, 3.8) is 0 Å². The topological polar surface area (TPSA) is 44.8 Å². The summed E-state index contributed by atoms with van der Waals surface area (Å²) in [6.45, 7) is 6.37. The Morgan fingerprint density at radius 2 is 2.08 bits per heavy atom. The van der Waals surface area contributed by atoms with Gasteiger partial charge >= 0.3 is 6.03 Å². The molecular formula is C18H25F2N3O2. The van der Waals surface area contributed by atoms with E-state index in [0.29, 0.717) is 19.2 Å². The minimum Gasteiger partial charge on any atom is -0.377 e. The van der Waals surface area contributed by atoms with E-state index in [0.717, 1.165) is 45.1 Å². The Balaban J connectivity index is 1.47. The minimum absolute atomic E-state index is 0.215. The molecule has 2 fully saturated rings. The number of urea groups is 1. The third-order valence-electron chi connectivity index (χ3n) is 4.91. The van der Waals surface area contributed by atoms with Crippen molar-refractivity contribution in [2.45, 2.75) is 31.9 Å². The summed E-state index contributed by atoms with van der Waals surface area (Å²) < 4.78 is 32.5. The molecular weight excluding hydrogens is 328 g/mol. The average Bonchev–Trinajstić information content (AvgIpc) is 3.08. The molecule has 0 radical (unpaired) electrons. The van der Waals surface area contributed by atoms with Crippen molar-refractivity contribution in [2.24, 2.45) is 0 Å². The SMILES string of the molecule is CC(NC(=O)N1CCN(CC2CCCO2)CC1)c1ccc(F)cc1F. The summed E-state index contributed by atoms with van der Waals surface area (Å²) in [7, 11) is 0. The molecule has 2 aliphatic heterocycles. The molecule has 2 amide bonds. The fraction of sp³-hybridized carbons (Fsp3) is 0.611. The van der Waals surface area contributed by atoms with Crippen molar-refractivity contribution >= 4 is 6.03 Å². The number of halogens is 2. The summed E-state index contributed by atoms with van der Waals surface area (Å²) in [5, 5.41) is 2.80. The summed E-state index contributed by atoms with van der Waals surface area (Å²) >= 11 is 0. The fourth-order valence-corrected chi connectivity index (χ4v) is 3.42. The highest BCUT2D eigenvalue weighted by Gasteiger charge is 2.26. The quantitative estimate of drug-likeness (QED) is 0.905. The lowest BCUT2D eigenvalue weighted by Gasteiger charge is -2.36. The predicted octanol–water partition coefficient (Wildman–Crippen LogP) is 2.53. The van der Waals surface area contributed by atoms with Gasteiger partial charge in [-0.15, -0.1) is 0 Å². The zero-order chi connectivity index (χ0) is 17.8. The van der Waals surface area contributed by atoms with Crippen LogP contribution in [0.5, 0.6) is 0 Å². The first-order chi connectivity index (χ1) is 12.0. The lowest BCUT2D eigenvalue weighted by Crippen LogP contribution is -2.53. The van der Waals surface area contributed by atoms with E-state index in [2.05, 4.69) is 10.2 Å². The fourth-order valence-electron chi connectivity index (χ4n) is 3.42. The largest absolute Gasteiger partial charge is 0.377 e. The number of ether oxygens (including phenoxy) is 1. The molecule has 0 aromatic heterocycles. The van der Waals surface area contributed by atoms with Gasteiger partial charge in [0.25, 0.3) is 0 Å². The van der Waals surface area contributed by atoms with Crippen molar-refractivity contribution in [1.82, 2.24) is 15.1 Å².